The molecule has 0 unspecified atom stereocenters. The van der Waals surface area contributed by atoms with Gasteiger partial charge in [0.25, 0.3) is 0 Å². The maximum atomic E-state index is 11.3. The van der Waals surface area contributed by atoms with Crippen molar-refractivity contribution < 1.29 is 14.9 Å². The number of aliphatic hydroxyl groups is 2. The van der Waals surface area contributed by atoms with Crippen molar-refractivity contribution in [1.82, 2.24) is 9.88 Å². The first-order chi connectivity index (χ1) is 17.8. The van der Waals surface area contributed by atoms with Crippen LogP contribution in [-0.4, -0.2) is 52.9 Å². The Morgan fingerprint density at radius 2 is 1.95 bits per heavy atom. The van der Waals surface area contributed by atoms with Gasteiger partial charge in [0, 0.05) is 37.4 Å². The highest BCUT2D eigenvalue weighted by molar-refractivity contribution is 6.30. The minimum atomic E-state index is -1.17. The first kappa shape index (κ1) is 26.9. The number of benzene rings is 2. The number of pyridine rings is 1. The average Bonchev–Trinajstić information content (AvgIpc) is 2.92. The molecule has 2 aromatic carbocycles. The van der Waals surface area contributed by atoms with Crippen molar-refractivity contribution >= 4 is 17.3 Å². The van der Waals surface area contributed by atoms with Crippen LogP contribution in [0.5, 0.6) is 5.75 Å². The molecule has 2 N–H and O–H groups in total. The van der Waals surface area contributed by atoms with Crippen LogP contribution in [0.4, 0.5) is 5.69 Å². The minimum absolute atomic E-state index is 0.0546. The van der Waals surface area contributed by atoms with Crippen LogP contribution in [0, 0.1) is 11.3 Å². The van der Waals surface area contributed by atoms with E-state index in [2.05, 4.69) is 20.9 Å². The van der Waals surface area contributed by atoms with E-state index in [1.54, 1.807) is 25.3 Å². The number of halogens is 1. The van der Waals surface area contributed by atoms with Crippen molar-refractivity contribution in [3.05, 3.63) is 88.2 Å². The summed E-state index contributed by atoms with van der Waals surface area (Å²) in [6, 6.07) is 19.3. The minimum Gasteiger partial charge on any atom is -0.494 e. The van der Waals surface area contributed by atoms with E-state index >= 15 is 0 Å². The van der Waals surface area contributed by atoms with Crippen molar-refractivity contribution in [3.63, 3.8) is 0 Å². The van der Waals surface area contributed by atoms with E-state index in [-0.39, 0.29) is 12.6 Å². The standard InChI is InChI=1S/C29H33ClN4O3/c1-3-14-37-25-9-10-26(23(15-25)16-31)34-13-12-33(18-27(34)22-5-7-24(30)8-6-22)20-29(2,36)28-11-4-21(19-35)17-32-28/h4-11,15,17,27,35-36H,3,12-14,18-20H2,1-2H3/t27-,29+/m0/s1. The van der Waals surface area contributed by atoms with Crippen LogP contribution in [0.15, 0.2) is 60.8 Å². The van der Waals surface area contributed by atoms with Gasteiger partial charge in [-0.25, -0.2) is 0 Å². The maximum absolute atomic E-state index is 11.3. The first-order valence-electron chi connectivity index (χ1n) is 12.5. The number of hydrogen-bond donors (Lipinski definition) is 2. The zero-order chi connectivity index (χ0) is 26.4. The molecule has 2 atom stereocenters. The quantitative estimate of drug-likeness (QED) is 0.424. The molecule has 0 aliphatic carbocycles. The topological polar surface area (TPSA) is 92.8 Å². The number of piperazine rings is 1. The van der Waals surface area contributed by atoms with E-state index in [0.717, 1.165) is 17.7 Å². The molecular formula is C29H33ClN4O3. The van der Waals surface area contributed by atoms with Crippen molar-refractivity contribution in [1.29, 1.82) is 5.26 Å². The molecule has 1 aliphatic heterocycles. The van der Waals surface area contributed by atoms with Crippen molar-refractivity contribution in [2.24, 2.45) is 0 Å². The second-order valence-corrected chi connectivity index (χ2v) is 10.1. The molecule has 4 rings (SSSR count). The van der Waals surface area contributed by atoms with Crippen LogP contribution in [0.25, 0.3) is 0 Å². The smallest absolute Gasteiger partial charge is 0.120 e. The maximum Gasteiger partial charge on any atom is 0.120 e. The molecule has 37 heavy (non-hydrogen) atoms. The van der Waals surface area contributed by atoms with E-state index < -0.39 is 5.60 Å². The van der Waals surface area contributed by atoms with Gasteiger partial charge in [-0.2, -0.15) is 5.26 Å². The number of aromatic nitrogens is 1. The van der Waals surface area contributed by atoms with Gasteiger partial charge in [0.2, 0.25) is 0 Å². The summed E-state index contributed by atoms with van der Waals surface area (Å²) in [6.07, 6.45) is 2.49. The number of β-amino-alcohol motifs (C(OH)–C–C–N with tert-alkyl or cyclic N) is 1. The highest BCUT2D eigenvalue weighted by Gasteiger charge is 2.34. The highest BCUT2D eigenvalue weighted by Crippen LogP contribution is 2.36. The summed E-state index contributed by atoms with van der Waals surface area (Å²) in [6.45, 7) is 6.74. The van der Waals surface area contributed by atoms with Gasteiger partial charge in [0.1, 0.15) is 17.4 Å². The third-order valence-corrected chi connectivity index (χ3v) is 6.93. The first-order valence-corrected chi connectivity index (χ1v) is 12.9. The summed E-state index contributed by atoms with van der Waals surface area (Å²) < 4.78 is 5.75. The van der Waals surface area contributed by atoms with Gasteiger partial charge >= 0.3 is 0 Å². The molecule has 0 saturated carbocycles. The fourth-order valence-corrected chi connectivity index (χ4v) is 4.89. The Hall–Kier alpha value is -3.15. The molecule has 0 amide bonds. The van der Waals surface area contributed by atoms with Crippen LogP contribution >= 0.6 is 11.6 Å². The van der Waals surface area contributed by atoms with Gasteiger partial charge in [-0.3, -0.25) is 9.88 Å². The molecule has 1 aromatic heterocycles. The lowest BCUT2D eigenvalue weighted by Gasteiger charge is -2.45. The van der Waals surface area contributed by atoms with Crippen molar-refractivity contribution in [2.45, 2.75) is 38.5 Å². The Labute approximate surface area is 223 Å². The van der Waals surface area contributed by atoms with Crippen LogP contribution in [0.2, 0.25) is 5.02 Å². The lowest BCUT2D eigenvalue weighted by Crippen LogP contribution is -2.52. The molecule has 1 saturated heterocycles. The number of nitrogens with zero attached hydrogens (tertiary/aromatic N) is 4. The highest BCUT2D eigenvalue weighted by atomic mass is 35.5. The predicted octanol–water partition coefficient (Wildman–Crippen LogP) is 4.66. The Morgan fingerprint density at radius 3 is 2.59 bits per heavy atom. The van der Waals surface area contributed by atoms with Crippen molar-refractivity contribution in [3.8, 4) is 11.8 Å². The van der Waals surface area contributed by atoms with E-state index in [1.807, 2.05) is 49.4 Å². The number of rotatable bonds is 9. The molecule has 1 aliphatic rings. The average molecular weight is 521 g/mol. The van der Waals surface area contributed by atoms with Crippen LogP contribution < -0.4 is 9.64 Å². The van der Waals surface area contributed by atoms with Crippen molar-refractivity contribution in [2.75, 3.05) is 37.7 Å². The normalized spacial score (nSPS) is 17.7. The van der Waals surface area contributed by atoms with Gasteiger partial charge < -0.3 is 19.8 Å². The van der Waals surface area contributed by atoms with Crippen LogP contribution in [-0.2, 0) is 12.2 Å². The van der Waals surface area contributed by atoms with Crippen LogP contribution in [0.3, 0.4) is 0 Å². The molecule has 0 bridgehead atoms. The Bertz CT molecular complexity index is 1230. The Kier molecular flexibility index (Phi) is 8.67. The summed E-state index contributed by atoms with van der Waals surface area (Å²) in [7, 11) is 0. The van der Waals surface area contributed by atoms with Gasteiger partial charge in [-0.15, -0.1) is 0 Å². The molecule has 7 nitrogen and oxygen atoms in total. The molecule has 8 heteroatoms. The molecule has 0 spiro atoms. The molecule has 1 fully saturated rings. The summed E-state index contributed by atoms with van der Waals surface area (Å²) in [4.78, 5) is 8.86. The van der Waals surface area contributed by atoms with E-state index in [4.69, 9.17) is 16.3 Å². The summed E-state index contributed by atoms with van der Waals surface area (Å²) in [5, 5.41) is 31.2. The van der Waals surface area contributed by atoms with Gasteiger partial charge in [0.15, 0.2) is 0 Å². The number of aliphatic hydroxyl groups excluding tert-OH is 1. The Morgan fingerprint density at radius 1 is 1.16 bits per heavy atom. The van der Waals surface area contributed by atoms with E-state index in [0.29, 0.717) is 60.4 Å². The van der Waals surface area contributed by atoms with Gasteiger partial charge in [0.05, 0.1) is 36.2 Å². The summed E-state index contributed by atoms with van der Waals surface area (Å²) in [5.41, 5.74) is 2.60. The van der Waals surface area contributed by atoms with Gasteiger partial charge in [-0.1, -0.05) is 36.7 Å². The lowest BCUT2D eigenvalue weighted by atomic mass is 9.96. The Balaban J connectivity index is 1.60. The number of nitriles is 1. The third-order valence-electron chi connectivity index (χ3n) is 6.68. The fourth-order valence-electron chi connectivity index (χ4n) is 4.76. The fraction of sp³-hybridized carbons (Fsp3) is 0.379. The summed E-state index contributed by atoms with van der Waals surface area (Å²) >= 11 is 6.18. The number of ether oxygens (including phenoxy) is 1. The second kappa shape index (κ2) is 11.9. The predicted molar refractivity (Wildman–Crippen MR) is 145 cm³/mol. The summed E-state index contributed by atoms with van der Waals surface area (Å²) in [5.74, 6) is 0.694. The largest absolute Gasteiger partial charge is 0.494 e. The lowest BCUT2D eigenvalue weighted by molar-refractivity contribution is 0.00672. The molecule has 0 radical (unpaired) electrons. The molecule has 3 aromatic rings. The SMILES string of the molecule is CCCOc1ccc(N2CCN(C[C@@](C)(O)c3ccc(CO)cn3)C[C@H]2c2ccc(Cl)cc2)c(C#N)c1. The van der Waals surface area contributed by atoms with Crippen LogP contribution in [0.1, 0.15) is 48.7 Å². The molecule has 194 valence electrons. The third kappa shape index (κ3) is 6.41. The number of hydrogen-bond acceptors (Lipinski definition) is 7. The molecular weight excluding hydrogens is 488 g/mol. The van der Waals surface area contributed by atoms with E-state index in [9.17, 15) is 15.5 Å². The zero-order valence-electron chi connectivity index (χ0n) is 21.3. The second-order valence-electron chi connectivity index (χ2n) is 9.62. The van der Waals surface area contributed by atoms with E-state index in [1.165, 1.54) is 0 Å². The monoisotopic (exact) mass is 520 g/mol. The zero-order valence-corrected chi connectivity index (χ0v) is 22.0. The number of anilines is 1. The van der Waals surface area contributed by atoms with Gasteiger partial charge in [-0.05, 0) is 60.9 Å². The molecule has 2 heterocycles.